The molecule has 100 valence electrons. The average Bonchev–Trinajstić information content (AvgIpc) is 2.65. The van der Waals surface area contributed by atoms with Crippen LogP contribution in [0.25, 0.3) is 0 Å². The molecule has 3 nitrogen and oxygen atoms in total. The molecule has 2 aliphatic rings. The molecule has 0 aromatic heterocycles. The lowest BCUT2D eigenvalue weighted by Gasteiger charge is -2.45. The summed E-state index contributed by atoms with van der Waals surface area (Å²) in [6.07, 6.45) is 5.90. The van der Waals surface area contributed by atoms with Crippen LogP contribution in [0, 0.1) is 5.92 Å². The second-order valence-corrected chi connectivity index (χ2v) is 6.50. The molecule has 0 amide bonds. The maximum Gasteiger partial charge on any atom is 0.0707 e. The van der Waals surface area contributed by atoms with Crippen molar-refractivity contribution in [3.63, 3.8) is 0 Å². The second-order valence-electron chi connectivity index (χ2n) is 6.50. The molecule has 2 fully saturated rings. The van der Waals surface area contributed by atoms with Crippen molar-refractivity contribution in [1.82, 2.24) is 4.90 Å². The number of nitrogens with zero attached hydrogens (tertiary/aromatic N) is 1. The highest BCUT2D eigenvalue weighted by molar-refractivity contribution is 4.95. The van der Waals surface area contributed by atoms with Crippen LogP contribution in [0.15, 0.2) is 0 Å². The summed E-state index contributed by atoms with van der Waals surface area (Å²) in [6, 6.07) is 0. The van der Waals surface area contributed by atoms with Gasteiger partial charge in [0, 0.05) is 25.2 Å². The van der Waals surface area contributed by atoms with Crippen LogP contribution >= 0.6 is 0 Å². The highest BCUT2D eigenvalue weighted by atomic mass is 16.5. The van der Waals surface area contributed by atoms with Gasteiger partial charge in [0.15, 0.2) is 0 Å². The molecule has 3 unspecified atom stereocenters. The molecule has 0 radical (unpaired) electrons. The van der Waals surface area contributed by atoms with E-state index in [4.69, 9.17) is 10.5 Å². The van der Waals surface area contributed by atoms with E-state index in [1.54, 1.807) is 0 Å². The van der Waals surface area contributed by atoms with Gasteiger partial charge in [0.1, 0.15) is 0 Å². The number of hydrogen-bond donors (Lipinski definition) is 1. The van der Waals surface area contributed by atoms with Gasteiger partial charge < -0.3 is 10.5 Å². The molecule has 3 atom stereocenters. The van der Waals surface area contributed by atoms with Crippen molar-refractivity contribution < 1.29 is 4.74 Å². The van der Waals surface area contributed by atoms with E-state index in [-0.39, 0.29) is 5.54 Å². The Kier molecular flexibility index (Phi) is 4.11. The molecule has 0 aromatic rings. The highest BCUT2D eigenvalue weighted by Gasteiger charge is 2.40. The monoisotopic (exact) mass is 240 g/mol. The summed E-state index contributed by atoms with van der Waals surface area (Å²) in [5, 5.41) is 0. The first kappa shape index (κ1) is 13.3. The summed E-state index contributed by atoms with van der Waals surface area (Å²) >= 11 is 0. The van der Waals surface area contributed by atoms with Crippen LogP contribution in [0.4, 0.5) is 0 Å². The van der Waals surface area contributed by atoms with E-state index in [1.165, 1.54) is 25.7 Å². The van der Waals surface area contributed by atoms with Gasteiger partial charge in [-0.3, -0.25) is 4.90 Å². The van der Waals surface area contributed by atoms with Crippen molar-refractivity contribution in [2.45, 2.75) is 64.2 Å². The maximum absolute atomic E-state index is 6.05. The summed E-state index contributed by atoms with van der Waals surface area (Å²) < 4.78 is 5.91. The molecular formula is C14H28N2O. The Morgan fingerprint density at radius 1 is 1.29 bits per heavy atom. The van der Waals surface area contributed by atoms with Gasteiger partial charge in [-0.2, -0.15) is 0 Å². The van der Waals surface area contributed by atoms with E-state index in [9.17, 15) is 0 Å². The number of hydrogen-bond acceptors (Lipinski definition) is 3. The summed E-state index contributed by atoms with van der Waals surface area (Å²) in [6.45, 7) is 9.85. The normalized spacial score (nSPS) is 33.0. The lowest BCUT2D eigenvalue weighted by atomic mass is 9.89. The fraction of sp³-hybridized carbons (Fsp3) is 1.00. The third-order valence-corrected chi connectivity index (χ3v) is 4.51. The first-order valence-electron chi connectivity index (χ1n) is 7.14. The molecule has 0 aliphatic carbocycles. The van der Waals surface area contributed by atoms with Crippen LogP contribution < -0.4 is 5.73 Å². The van der Waals surface area contributed by atoms with Crippen LogP contribution in [-0.2, 0) is 4.74 Å². The summed E-state index contributed by atoms with van der Waals surface area (Å²) in [4.78, 5) is 2.60. The number of likely N-dealkylation sites (tertiary alicyclic amines) is 1. The molecule has 2 saturated heterocycles. The van der Waals surface area contributed by atoms with Gasteiger partial charge in [-0.25, -0.2) is 0 Å². The number of fused-ring (bicyclic) bond motifs is 2. The maximum atomic E-state index is 6.05. The topological polar surface area (TPSA) is 38.5 Å². The van der Waals surface area contributed by atoms with Crippen LogP contribution in [0.3, 0.4) is 0 Å². The molecule has 2 bridgehead atoms. The van der Waals surface area contributed by atoms with Crippen molar-refractivity contribution in [1.29, 1.82) is 0 Å². The Labute approximate surface area is 106 Å². The fourth-order valence-corrected chi connectivity index (χ4v) is 3.04. The van der Waals surface area contributed by atoms with E-state index in [1.807, 2.05) is 0 Å². The van der Waals surface area contributed by atoms with Crippen molar-refractivity contribution in [2.24, 2.45) is 11.7 Å². The van der Waals surface area contributed by atoms with Gasteiger partial charge in [0.05, 0.1) is 12.2 Å². The van der Waals surface area contributed by atoms with Crippen molar-refractivity contribution >= 4 is 0 Å². The van der Waals surface area contributed by atoms with Crippen molar-refractivity contribution in [2.75, 3.05) is 19.6 Å². The van der Waals surface area contributed by atoms with Gasteiger partial charge in [-0.05, 0) is 38.5 Å². The summed E-state index contributed by atoms with van der Waals surface area (Å²) in [7, 11) is 0. The Morgan fingerprint density at radius 3 is 2.35 bits per heavy atom. The summed E-state index contributed by atoms with van der Waals surface area (Å²) in [5.74, 6) is 0.763. The highest BCUT2D eigenvalue weighted by Crippen LogP contribution is 2.32. The van der Waals surface area contributed by atoms with Crippen molar-refractivity contribution in [3.05, 3.63) is 0 Å². The Hall–Kier alpha value is -0.120. The standard InChI is InChI=1S/C14H28N2O/c1-11(2)6-7-14(3,10-15)16-8-12-4-5-13(9-16)17-12/h11-13H,4-10,15H2,1-3H3. The van der Waals surface area contributed by atoms with Crippen molar-refractivity contribution in [3.8, 4) is 0 Å². The van der Waals surface area contributed by atoms with Gasteiger partial charge >= 0.3 is 0 Å². The molecule has 17 heavy (non-hydrogen) atoms. The molecule has 0 spiro atoms. The van der Waals surface area contributed by atoms with Gasteiger partial charge in [0.25, 0.3) is 0 Å². The average molecular weight is 240 g/mol. The minimum Gasteiger partial charge on any atom is -0.372 e. The molecule has 3 heteroatoms. The van der Waals surface area contributed by atoms with Gasteiger partial charge in [-0.1, -0.05) is 13.8 Å². The van der Waals surface area contributed by atoms with Crippen LogP contribution in [0.1, 0.15) is 46.5 Å². The quantitative estimate of drug-likeness (QED) is 0.799. The lowest BCUT2D eigenvalue weighted by molar-refractivity contribution is -0.0753. The molecule has 2 N–H and O–H groups in total. The molecule has 0 saturated carbocycles. The number of rotatable bonds is 5. The van der Waals surface area contributed by atoms with Gasteiger partial charge in [0.2, 0.25) is 0 Å². The summed E-state index contributed by atoms with van der Waals surface area (Å²) in [5.41, 5.74) is 6.23. The zero-order valence-corrected chi connectivity index (χ0v) is 11.6. The zero-order chi connectivity index (χ0) is 12.5. The molecular weight excluding hydrogens is 212 g/mol. The SMILES string of the molecule is CC(C)CCC(C)(CN)N1CC2CCC(C1)O2. The van der Waals surface area contributed by atoms with Gasteiger partial charge in [-0.15, -0.1) is 0 Å². The third kappa shape index (κ3) is 3.01. The van der Waals surface area contributed by atoms with E-state index in [0.717, 1.165) is 25.6 Å². The minimum atomic E-state index is 0.175. The third-order valence-electron chi connectivity index (χ3n) is 4.51. The second kappa shape index (κ2) is 5.25. The predicted molar refractivity (Wildman–Crippen MR) is 71.0 cm³/mol. The lowest BCUT2D eigenvalue weighted by Crippen LogP contribution is -2.58. The zero-order valence-electron chi connectivity index (χ0n) is 11.6. The van der Waals surface area contributed by atoms with E-state index < -0.39 is 0 Å². The van der Waals surface area contributed by atoms with E-state index >= 15 is 0 Å². The molecule has 0 aromatic carbocycles. The molecule has 2 aliphatic heterocycles. The van der Waals surface area contributed by atoms with E-state index in [0.29, 0.717) is 12.2 Å². The Balaban J connectivity index is 1.96. The Morgan fingerprint density at radius 2 is 1.88 bits per heavy atom. The molecule has 2 rings (SSSR count). The van der Waals surface area contributed by atoms with Crippen LogP contribution in [0.2, 0.25) is 0 Å². The number of nitrogens with two attached hydrogens (primary N) is 1. The Bertz CT molecular complexity index is 245. The largest absolute Gasteiger partial charge is 0.372 e. The fourth-order valence-electron chi connectivity index (χ4n) is 3.04. The number of ether oxygens (including phenoxy) is 1. The van der Waals surface area contributed by atoms with Crippen LogP contribution in [-0.4, -0.2) is 42.3 Å². The molecule has 2 heterocycles. The predicted octanol–water partition coefficient (Wildman–Crippen LogP) is 2.00. The first-order valence-corrected chi connectivity index (χ1v) is 7.14. The smallest absolute Gasteiger partial charge is 0.0707 e. The first-order chi connectivity index (χ1) is 8.03. The minimum absolute atomic E-state index is 0.175. The van der Waals surface area contributed by atoms with Crippen LogP contribution in [0.5, 0.6) is 0 Å². The van der Waals surface area contributed by atoms with E-state index in [2.05, 4.69) is 25.7 Å². The number of morpholine rings is 1.